The van der Waals surface area contributed by atoms with E-state index >= 15 is 0 Å². The van der Waals surface area contributed by atoms with Crippen LogP contribution in [0.2, 0.25) is 0 Å². The van der Waals surface area contributed by atoms with Crippen molar-refractivity contribution in [2.24, 2.45) is 0 Å². The standard InChI is InChI=1S/C11H14O.2C2H6/c1-8-4-6-10(7-5-8)11(3)9(2)12-11;2*1-2/h4-7,9H,1-3H3;2*1-2H3. The molecule has 2 atom stereocenters. The SMILES string of the molecule is CC.CC.Cc1ccc(C2(C)OC2C)cc1. The van der Waals surface area contributed by atoms with E-state index < -0.39 is 0 Å². The molecule has 1 nitrogen and oxygen atoms in total. The van der Waals surface area contributed by atoms with Gasteiger partial charge >= 0.3 is 0 Å². The van der Waals surface area contributed by atoms with Gasteiger partial charge in [0, 0.05) is 0 Å². The van der Waals surface area contributed by atoms with Crippen LogP contribution in [0.4, 0.5) is 0 Å². The summed E-state index contributed by atoms with van der Waals surface area (Å²) in [5.74, 6) is 0. The Labute approximate surface area is 101 Å². The molecule has 1 aliphatic rings. The van der Waals surface area contributed by atoms with E-state index in [0.717, 1.165) is 0 Å². The molecule has 1 heteroatoms. The molecule has 0 aromatic heterocycles. The first-order chi connectivity index (χ1) is 7.63. The van der Waals surface area contributed by atoms with Crippen LogP contribution in [0, 0.1) is 6.92 Å². The van der Waals surface area contributed by atoms with Crippen molar-refractivity contribution >= 4 is 0 Å². The van der Waals surface area contributed by atoms with Gasteiger partial charge in [0.2, 0.25) is 0 Å². The minimum atomic E-state index is -0.00625. The van der Waals surface area contributed by atoms with Crippen LogP contribution >= 0.6 is 0 Å². The third kappa shape index (κ3) is 3.34. The van der Waals surface area contributed by atoms with Gasteiger partial charge in [-0.05, 0) is 26.3 Å². The second-order valence-corrected chi connectivity index (χ2v) is 3.73. The molecule has 0 aliphatic carbocycles. The van der Waals surface area contributed by atoms with Crippen LogP contribution in [-0.4, -0.2) is 6.10 Å². The molecule has 1 heterocycles. The lowest BCUT2D eigenvalue weighted by molar-refractivity contribution is 0.316. The molecule has 1 saturated heterocycles. The minimum absolute atomic E-state index is 0.00625. The minimum Gasteiger partial charge on any atom is -0.362 e. The Hall–Kier alpha value is -0.820. The normalized spacial score (nSPS) is 25.8. The summed E-state index contributed by atoms with van der Waals surface area (Å²) in [6.07, 6.45) is 0.375. The topological polar surface area (TPSA) is 12.5 Å². The zero-order valence-corrected chi connectivity index (χ0v) is 11.8. The summed E-state index contributed by atoms with van der Waals surface area (Å²) in [7, 11) is 0. The van der Waals surface area contributed by atoms with Crippen molar-refractivity contribution in [1.82, 2.24) is 0 Å². The Kier molecular flexibility index (Phi) is 6.35. The fraction of sp³-hybridized carbons (Fsp3) is 0.600. The Bertz CT molecular complexity index is 289. The lowest BCUT2D eigenvalue weighted by Gasteiger charge is -2.05. The maximum absolute atomic E-state index is 5.53. The van der Waals surface area contributed by atoms with Crippen molar-refractivity contribution in [3.05, 3.63) is 35.4 Å². The summed E-state index contributed by atoms with van der Waals surface area (Å²) >= 11 is 0. The van der Waals surface area contributed by atoms with E-state index in [0.29, 0.717) is 6.10 Å². The van der Waals surface area contributed by atoms with Gasteiger partial charge in [0.05, 0.1) is 6.10 Å². The molecule has 16 heavy (non-hydrogen) atoms. The van der Waals surface area contributed by atoms with Crippen LogP contribution in [0.3, 0.4) is 0 Å². The second kappa shape index (κ2) is 6.70. The smallest absolute Gasteiger partial charge is 0.117 e. The molecule has 0 spiro atoms. The number of hydrogen-bond acceptors (Lipinski definition) is 1. The predicted octanol–water partition coefficient (Wildman–Crippen LogP) is 4.68. The van der Waals surface area contributed by atoms with E-state index in [2.05, 4.69) is 45.0 Å². The Morgan fingerprint density at radius 3 is 1.69 bits per heavy atom. The molecule has 1 aromatic carbocycles. The first-order valence-electron chi connectivity index (χ1n) is 6.38. The van der Waals surface area contributed by atoms with Crippen molar-refractivity contribution in [2.75, 3.05) is 0 Å². The molecule has 1 fully saturated rings. The van der Waals surface area contributed by atoms with E-state index in [9.17, 15) is 0 Å². The first-order valence-corrected chi connectivity index (χ1v) is 6.38. The highest BCUT2D eigenvalue weighted by molar-refractivity contribution is 5.30. The molecular weight excluding hydrogens is 196 g/mol. The van der Waals surface area contributed by atoms with E-state index in [4.69, 9.17) is 4.74 Å². The van der Waals surface area contributed by atoms with E-state index in [1.165, 1.54) is 11.1 Å². The van der Waals surface area contributed by atoms with Crippen LogP contribution < -0.4 is 0 Å². The van der Waals surface area contributed by atoms with Crippen molar-refractivity contribution in [1.29, 1.82) is 0 Å². The van der Waals surface area contributed by atoms with Crippen LogP contribution in [0.25, 0.3) is 0 Å². The highest BCUT2D eigenvalue weighted by Crippen LogP contribution is 2.45. The van der Waals surface area contributed by atoms with Crippen LogP contribution in [0.5, 0.6) is 0 Å². The zero-order valence-electron chi connectivity index (χ0n) is 11.8. The molecule has 0 N–H and O–H groups in total. The van der Waals surface area contributed by atoms with Crippen molar-refractivity contribution < 1.29 is 4.74 Å². The molecular formula is C15H26O. The highest BCUT2D eigenvalue weighted by atomic mass is 16.6. The van der Waals surface area contributed by atoms with Gasteiger partial charge in [-0.1, -0.05) is 57.5 Å². The third-order valence-corrected chi connectivity index (χ3v) is 2.76. The summed E-state index contributed by atoms with van der Waals surface area (Å²) in [4.78, 5) is 0. The van der Waals surface area contributed by atoms with Gasteiger partial charge in [-0.2, -0.15) is 0 Å². The van der Waals surface area contributed by atoms with E-state index in [1.54, 1.807) is 0 Å². The number of rotatable bonds is 1. The predicted molar refractivity (Wildman–Crippen MR) is 71.8 cm³/mol. The molecule has 0 saturated carbocycles. The van der Waals surface area contributed by atoms with E-state index in [-0.39, 0.29) is 5.60 Å². The molecule has 0 radical (unpaired) electrons. The second-order valence-electron chi connectivity index (χ2n) is 3.73. The lowest BCUT2D eigenvalue weighted by atomic mass is 9.97. The van der Waals surface area contributed by atoms with Gasteiger partial charge in [0.25, 0.3) is 0 Å². The van der Waals surface area contributed by atoms with Gasteiger partial charge in [-0.3, -0.25) is 0 Å². The Balaban J connectivity index is 0.000000509. The Morgan fingerprint density at radius 1 is 1.00 bits per heavy atom. The molecule has 92 valence electrons. The molecule has 1 aliphatic heterocycles. The van der Waals surface area contributed by atoms with Crippen LogP contribution in [-0.2, 0) is 10.3 Å². The summed E-state index contributed by atoms with van der Waals surface area (Å²) in [5.41, 5.74) is 2.59. The van der Waals surface area contributed by atoms with Crippen LogP contribution in [0.1, 0.15) is 52.7 Å². The number of epoxide rings is 1. The van der Waals surface area contributed by atoms with Gasteiger partial charge in [-0.15, -0.1) is 0 Å². The highest BCUT2D eigenvalue weighted by Gasteiger charge is 2.49. The van der Waals surface area contributed by atoms with E-state index in [1.807, 2.05) is 27.7 Å². The van der Waals surface area contributed by atoms with Crippen molar-refractivity contribution in [3.8, 4) is 0 Å². The Morgan fingerprint density at radius 2 is 1.38 bits per heavy atom. The number of aryl methyl sites for hydroxylation is 1. The lowest BCUT2D eigenvalue weighted by Crippen LogP contribution is -2.04. The van der Waals surface area contributed by atoms with Gasteiger partial charge in [0.15, 0.2) is 0 Å². The number of ether oxygens (including phenoxy) is 1. The fourth-order valence-electron chi connectivity index (χ4n) is 1.52. The third-order valence-electron chi connectivity index (χ3n) is 2.76. The largest absolute Gasteiger partial charge is 0.362 e. The molecule has 0 amide bonds. The van der Waals surface area contributed by atoms with Crippen molar-refractivity contribution in [3.63, 3.8) is 0 Å². The monoisotopic (exact) mass is 222 g/mol. The zero-order chi connectivity index (χ0) is 12.8. The molecule has 0 bridgehead atoms. The summed E-state index contributed by atoms with van der Waals surface area (Å²) in [5, 5.41) is 0. The van der Waals surface area contributed by atoms with Crippen LogP contribution in [0.15, 0.2) is 24.3 Å². The maximum Gasteiger partial charge on any atom is 0.117 e. The average Bonchev–Trinajstić information content (AvgIpc) is 2.94. The summed E-state index contributed by atoms with van der Waals surface area (Å²) in [6, 6.07) is 8.57. The van der Waals surface area contributed by atoms with Gasteiger partial charge < -0.3 is 4.74 Å². The fourth-order valence-corrected chi connectivity index (χ4v) is 1.52. The van der Waals surface area contributed by atoms with Gasteiger partial charge in [0.1, 0.15) is 5.60 Å². The quantitative estimate of drug-likeness (QED) is 0.628. The molecule has 2 unspecified atom stereocenters. The van der Waals surface area contributed by atoms with Gasteiger partial charge in [-0.25, -0.2) is 0 Å². The number of hydrogen-bond donors (Lipinski definition) is 0. The number of benzene rings is 1. The molecule has 1 aromatic rings. The summed E-state index contributed by atoms with van der Waals surface area (Å²) in [6.45, 7) is 14.4. The summed E-state index contributed by atoms with van der Waals surface area (Å²) < 4.78 is 5.53. The van der Waals surface area contributed by atoms with Crippen molar-refractivity contribution in [2.45, 2.75) is 60.2 Å². The first kappa shape index (κ1) is 15.2. The average molecular weight is 222 g/mol. The maximum atomic E-state index is 5.53. The molecule has 2 rings (SSSR count).